The van der Waals surface area contributed by atoms with E-state index < -0.39 is 0 Å². The highest BCUT2D eigenvalue weighted by molar-refractivity contribution is 5.92. The first-order chi connectivity index (χ1) is 9.98. The second kappa shape index (κ2) is 5.07. The molecule has 1 amide bonds. The molecule has 1 saturated heterocycles. The molecule has 0 unspecified atom stereocenters. The molecule has 0 aromatic carbocycles. The lowest BCUT2D eigenvalue weighted by atomic mass is 9.89. The summed E-state index contributed by atoms with van der Waals surface area (Å²) in [7, 11) is 0. The Labute approximate surface area is 122 Å². The quantitative estimate of drug-likeness (QED) is 0.908. The molecule has 0 radical (unpaired) electrons. The molecule has 2 aromatic heterocycles. The number of amides is 1. The van der Waals surface area contributed by atoms with Crippen LogP contribution in [-0.2, 0) is 4.74 Å². The van der Waals surface area contributed by atoms with Crippen LogP contribution in [0.3, 0.4) is 0 Å². The first kappa shape index (κ1) is 13.9. The summed E-state index contributed by atoms with van der Waals surface area (Å²) in [6.07, 6.45) is 1.51. The maximum absolute atomic E-state index is 12.3. The largest absolute Gasteiger partial charge is 0.380 e. The van der Waals surface area contributed by atoms with Crippen molar-refractivity contribution in [1.29, 1.82) is 0 Å². The summed E-state index contributed by atoms with van der Waals surface area (Å²) >= 11 is 0. The summed E-state index contributed by atoms with van der Waals surface area (Å²) in [5.74, 6) is 0.0597. The van der Waals surface area contributed by atoms with Crippen LogP contribution in [0.1, 0.15) is 42.7 Å². The lowest BCUT2D eigenvalue weighted by Crippen LogP contribution is -2.48. The number of hydrogen-bond acceptors (Lipinski definition) is 5. The molecule has 3 rings (SSSR count). The van der Waals surface area contributed by atoms with Crippen molar-refractivity contribution >= 4 is 11.6 Å². The van der Waals surface area contributed by atoms with Crippen LogP contribution < -0.4 is 5.32 Å². The van der Waals surface area contributed by atoms with E-state index in [2.05, 4.69) is 41.4 Å². The maximum Gasteiger partial charge on any atom is 0.271 e. The number of carbonyl (C=O) groups is 1. The SMILES string of the molecule is CC(C)c1cc(C(=O)NCC2(C)COC2)nn2cnnc12. The van der Waals surface area contributed by atoms with Crippen molar-refractivity contribution in [2.24, 2.45) is 5.41 Å². The molecule has 7 nitrogen and oxygen atoms in total. The van der Waals surface area contributed by atoms with E-state index in [1.807, 2.05) is 0 Å². The third-order valence-corrected chi connectivity index (χ3v) is 3.73. The van der Waals surface area contributed by atoms with Gasteiger partial charge in [0.2, 0.25) is 0 Å². The van der Waals surface area contributed by atoms with Gasteiger partial charge in [-0.1, -0.05) is 20.8 Å². The lowest BCUT2D eigenvalue weighted by Gasteiger charge is -2.37. The van der Waals surface area contributed by atoms with Crippen molar-refractivity contribution in [3.05, 3.63) is 23.7 Å². The highest BCUT2D eigenvalue weighted by Crippen LogP contribution is 2.25. The Hall–Kier alpha value is -2.02. The molecule has 112 valence electrons. The van der Waals surface area contributed by atoms with Crippen molar-refractivity contribution < 1.29 is 9.53 Å². The van der Waals surface area contributed by atoms with Crippen LogP contribution in [0, 0.1) is 5.41 Å². The molecule has 0 saturated carbocycles. The lowest BCUT2D eigenvalue weighted by molar-refractivity contribution is -0.0978. The number of rotatable bonds is 4. The van der Waals surface area contributed by atoms with Gasteiger partial charge in [-0.15, -0.1) is 10.2 Å². The molecule has 1 fully saturated rings. The molecule has 1 aliphatic rings. The van der Waals surface area contributed by atoms with Crippen molar-refractivity contribution in [3.8, 4) is 0 Å². The van der Waals surface area contributed by atoms with Gasteiger partial charge in [0.25, 0.3) is 5.91 Å². The molecule has 2 aromatic rings. The fourth-order valence-corrected chi connectivity index (χ4v) is 2.32. The number of nitrogens with zero attached hydrogens (tertiary/aromatic N) is 4. The van der Waals surface area contributed by atoms with Crippen molar-refractivity contribution in [2.75, 3.05) is 19.8 Å². The molecule has 3 heterocycles. The van der Waals surface area contributed by atoms with E-state index >= 15 is 0 Å². The van der Waals surface area contributed by atoms with Gasteiger partial charge in [0.1, 0.15) is 12.0 Å². The van der Waals surface area contributed by atoms with Crippen molar-refractivity contribution in [3.63, 3.8) is 0 Å². The van der Waals surface area contributed by atoms with Gasteiger partial charge in [0, 0.05) is 17.5 Å². The molecule has 0 spiro atoms. The highest BCUT2D eigenvalue weighted by Gasteiger charge is 2.33. The standard InChI is InChI=1S/C14H19N5O2/c1-9(2)10-4-11(18-19-8-16-17-12(10)19)13(20)15-5-14(3)6-21-7-14/h4,8-9H,5-7H2,1-3H3,(H,15,20). The van der Waals surface area contributed by atoms with Crippen LogP contribution in [0.15, 0.2) is 12.4 Å². The molecule has 1 aliphatic heterocycles. The second-order valence-electron chi connectivity index (χ2n) is 6.22. The van der Waals surface area contributed by atoms with Gasteiger partial charge in [0.05, 0.1) is 13.2 Å². The Morgan fingerprint density at radius 1 is 1.52 bits per heavy atom. The minimum Gasteiger partial charge on any atom is -0.380 e. The fraction of sp³-hybridized carbons (Fsp3) is 0.571. The van der Waals surface area contributed by atoms with E-state index in [1.165, 1.54) is 6.33 Å². The van der Waals surface area contributed by atoms with Crippen LogP contribution in [0.25, 0.3) is 5.65 Å². The third-order valence-electron chi connectivity index (χ3n) is 3.73. The fourth-order valence-electron chi connectivity index (χ4n) is 2.32. The zero-order chi connectivity index (χ0) is 15.0. The first-order valence-electron chi connectivity index (χ1n) is 7.05. The molecule has 0 bridgehead atoms. The van der Waals surface area contributed by atoms with E-state index in [0.29, 0.717) is 31.1 Å². The number of hydrogen-bond donors (Lipinski definition) is 1. The number of ether oxygens (including phenoxy) is 1. The zero-order valence-corrected chi connectivity index (χ0v) is 12.5. The second-order valence-corrected chi connectivity index (χ2v) is 6.22. The Bertz CT molecular complexity index is 675. The number of fused-ring (bicyclic) bond motifs is 1. The zero-order valence-electron chi connectivity index (χ0n) is 12.5. The van der Waals surface area contributed by atoms with Gasteiger partial charge in [-0.05, 0) is 12.0 Å². The smallest absolute Gasteiger partial charge is 0.271 e. The van der Waals surface area contributed by atoms with E-state index in [9.17, 15) is 4.79 Å². The predicted octanol–water partition coefficient (Wildman–Crippen LogP) is 1.01. The van der Waals surface area contributed by atoms with E-state index in [-0.39, 0.29) is 17.2 Å². The maximum atomic E-state index is 12.3. The molecule has 21 heavy (non-hydrogen) atoms. The molecule has 0 aliphatic carbocycles. The van der Waals surface area contributed by atoms with Gasteiger partial charge in [0.15, 0.2) is 5.65 Å². The molecular weight excluding hydrogens is 270 g/mol. The Morgan fingerprint density at radius 3 is 2.90 bits per heavy atom. The van der Waals surface area contributed by atoms with Gasteiger partial charge < -0.3 is 10.1 Å². The number of nitrogens with one attached hydrogen (secondary N) is 1. The summed E-state index contributed by atoms with van der Waals surface area (Å²) in [6.45, 7) is 8.15. The normalized spacial score (nSPS) is 17.0. The van der Waals surface area contributed by atoms with Gasteiger partial charge in [-0.3, -0.25) is 4.79 Å². The predicted molar refractivity (Wildman–Crippen MR) is 76.1 cm³/mol. The van der Waals surface area contributed by atoms with Crippen LogP contribution in [0.4, 0.5) is 0 Å². The third kappa shape index (κ3) is 2.61. The Kier molecular flexibility index (Phi) is 3.36. The van der Waals surface area contributed by atoms with E-state index in [0.717, 1.165) is 5.56 Å². The number of carbonyl (C=O) groups excluding carboxylic acids is 1. The molecule has 1 N–H and O–H groups in total. The summed E-state index contributed by atoms with van der Waals surface area (Å²) in [5.41, 5.74) is 2.08. The minimum atomic E-state index is -0.180. The van der Waals surface area contributed by atoms with Gasteiger partial charge >= 0.3 is 0 Å². The van der Waals surface area contributed by atoms with Crippen LogP contribution in [0.2, 0.25) is 0 Å². The minimum absolute atomic E-state index is 0.0389. The van der Waals surface area contributed by atoms with E-state index in [1.54, 1.807) is 10.6 Å². The van der Waals surface area contributed by atoms with Crippen LogP contribution in [-0.4, -0.2) is 45.5 Å². The molecule has 7 heteroatoms. The van der Waals surface area contributed by atoms with Gasteiger partial charge in [-0.2, -0.15) is 9.61 Å². The van der Waals surface area contributed by atoms with Crippen LogP contribution in [0.5, 0.6) is 0 Å². The topological polar surface area (TPSA) is 81.4 Å². The summed E-state index contributed by atoms with van der Waals surface area (Å²) in [6, 6.07) is 1.80. The molecular formula is C14H19N5O2. The van der Waals surface area contributed by atoms with Crippen molar-refractivity contribution in [1.82, 2.24) is 25.1 Å². The average molecular weight is 289 g/mol. The monoisotopic (exact) mass is 289 g/mol. The van der Waals surface area contributed by atoms with E-state index in [4.69, 9.17) is 4.74 Å². The molecule has 0 atom stereocenters. The average Bonchev–Trinajstić information content (AvgIpc) is 2.89. The highest BCUT2D eigenvalue weighted by atomic mass is 16.5. The summed E-state index contributed by atoms with van der Waals surface area (Å²) < 4.78 is 6.74. The Morgan fingerprint density at radius 2 is 2.29 bits per heavy atom. The van der Waals surface area contributed by atoms with Gasteiger partial charge in [-0.25, -0.2) is 0 Å². The Balaban J connectivity index is 1.83. The summed E-state index contributed by atoms with van der Waals surface area (Å²) in [5, 5.41) is 15.1. The first-order valence-corrected chi connectivity index (χ1v) is 7.05. The van der Waals surface area contributed by atoms with Crippen molar-refractivity contribution in [2.45, 2.75) is 26.7 Å². The number of aromatic nitrogens is 4. The van der Waals surface area contributed by atoms with Crippen LogP contribution >= 0.6 is 0 Å². The summed E-state index contributed by atoms with van der Waals surface area (Å²) in [4.78, 5) is 12.3.